The van der Waals surface area contributed by atoms with E-state index in [2.05, 4.69) is 10.9 Å². The van der Waals surface area contributed by atoms with Crippen LogP contribution in [0.2, 0.25) is 0 Å². The van der Waals surface area contributed by atoms with Crippen LogP contribution in [0.1, 0.15) is 33.6 Å². The van der Waals surface area contributed by atoms with Gasteiger partial charge in [0.05, 0.1) is 12.2 Å². The third-order valence-electron chi connectivity index (χ3n) is 4.69. The lowest BCUT2D eigenvalue weighted by Gasteiger charge is -2.12. The molecule has 0 saturated carbocycles. The lowest BCUT2D eigenvalue weighted by atomic mass is 10.1. The monoisotopic (exact) mass is 430 g/mol. The highest BCUT2D eigenvalue weighted by Gasteiger charge is 2.17. The van der Waals surface area contributed by atoms with E-state index < -0.39 is 11.8 Å². The standard InChI is InChI=1S/C25H22N2O5/c1-2-30-23-15-18-9-7-6-8-17(18)14-21(23)24(28)26-27-25(29)22-13-12-20(32-22)16-31-19-10-4-3-5-11-19/h3-15H,2,16H2,1H3,(H,26,28)(H,27,29). The van der Waals surface area contributed by atoms with Crippen LogP contribution in [0.3, 0.4) is 0 Å². The normalized spacial score (nSPS) is 10.5. The molecular formula is C25H22N2O5. The summed E-state index contributed by atoms with van der Waals surface area (Å²) in [5.74, 6) is 0.604. The summed E-state index contributed by atoms with van der Waals surface area (Å²) < 4.78 is 16.7. The van der Waals surface area contributed by atoms with Crippen LogP contribution >= 0.6 is 0 Å². The molecule has 2 N–H and O–H groups in total. The average Bonchev–Trinajstić information content (AvgIpc) is 3.31. The number of furan rings is 1. The van der Waals surface area contributed by atoms with Gasteiger partial charge in [-0.1, -0.05) is 42.5 Å². The number of ether oxygens (including phenoxy) is 2. The van der Waals surface area contributed by atoms with Crippen LogP contribution in [0.5, 0.6) is 11.5 Å². The van der Waals surface area contributed by atoms with Gasteiger partial charge in [0.1, 0.15) is 23.9 Å². The van der Waals surface area contributed by atoms with Crippen molar-refractivity contribution in [3.8, 4) is 11.5 Å². The van der Waals surface area contributed by atoms with Crippen LogP contribution in [0.25, 0.3) is 10.8 Å². The van der Waals surface area contributed by atoms with Crippen molar-refractivity contribution in [2.24, 2.45) is 0 Å². The number of para-hydroxylation sites is 1. The van der Waals surface area contributed by atoms with Gasteiger partial charge in [-0.15, -0.1) is 0 Å². The van der Waals surface area contributed by atoms with Crippen molar-refractivity contribution >= 4 is 22.6 Å². The van der Waals surface area contributed by atoms with Crippen LogP contribution in [0, 0.1) is 0 Å². The Kier molecular flexibility index (Phi) is 6.36. The van der Waals surface area contributed by atoms with Gasteiger partial charge in [-0.25, -0.2) is 0 Å². The zero-order valence-corrected chi connectivity index (χ0v) is 17.5. The maximum Gasteiger partial charge on any atom is 0.305 e. The van der Waals surface area contributed by atoms with Gasteiger partial charge < -0.3 is 13.9 Å². The molecule has 7 nitrogen and oxygen atoms in total. The second-order valence-corrected chi connectivity index (χ2v) is 6.90. The van der Waals surface area contributed by atoms with Gasteiger partial charge in [0.2, 0.25) is 0 Å². The molecular weight excluding hydrogens is 408 g/mol. The minimum atomic E-state index is -0.580. The minimum Gasteiger partial charge on any atom is -0.493 e. The number of rotatable bonds is 7. The van der Waals surface area contributed by atoms with Gasteiger partial charge in [-0.05, 0) is 54.1 Å². The molecule has 0 radical (unpaired) electrons. The van der Waals surface area contributed by atoms with Crippen LogP contribution < -0.4 is 20.3 Å². The molecule has 0 bridgehead atoms. The Morgan fingerprint density at radius 2 is 1.50 bits per heavy atom. The smallest absolute Gasteiger partial charge is 0.305 e. The first-order chi connectivity index (χ1) is 15.6. The Balaban J connectivity index is 1.39. The first-order valence-corrected chi connectivity index (χ1v) is 10.2. The fraction of sp³-hybridized carbons (Fsp3) is 0.120. The van der Waals surface area contributed by atoms with Crippen molar-refractivity contribution in [2.75, 3.05) is 6.61 Å². The van der Waals surface area contributed by atoms with Crippen molar-refractivity contribution in [1.29, 1.82) is 0 Å². The summed E-state index contributed by atoms with van der Waals surface area (Å²) in [6.07, 6.45) is 0. The van der Waals surface area contributed by atoms with E-state index in [1.54, 1.807) is 18.2 Å². The van der Waals surface area contributed by atoms with Crippen molar-refractivity contribution < 1.29 is 23.5 Å². The highest BCUT2D eigenvalue weighted by Crippen LogP contribution is 2.26. The van der Waals surface area contributed by atoms with Gasteiger partial charge in [-0.3, -0.25) is 20.4 Å². The highest BCUT2D eigenvalue weighted by atomic mass is 16.5. The predicted octanol–water partition coefficient (Wildman–Crippen LogP) is 4.49. The third-order valence-corrected chi connectivity index (χ3v) is 4.69. The fourth-order valence-corrected chi connectivity index (χ4v) is 3.16. The van der Waals surface area contributed by atoms with E-state index in [1.165, 1.54) is 6.07 Å². The molecule has 2 amide bonds. The summed E-state index contributed by atoms with van der Waals surface area (Å²) in [5, 5.41) is 1.85. The molecule has 4 aromatic rings. The second-order valence-electron chi connectivity index (χ2n) is 6.90. The average molecular weight is 430 g/mol. The van der Waals surface area contributed by atoms with E-state index in [1.807, 2.05) is 61.5 Å². The van der Waals surface area contributed by atoms with Gasteiger partial charge >= 0.3 is 5.91 Å². The minimum absolute atomic E-state index is 0.0560. The van der Waals surface area contributed by atoms with Crippen LogP contribution in [0.4, 0.5) is 0 Å². The Morgan fingerprint density at radius 1 is 0.812 bits per heavy atom. The summed E-state index contributed by atoms with van der Waals surface area (Å²) >= 11 is 0. The number of carbonyl (C=O) groups is 2. The number of hydrazine groups is 1. The Hall–Kier alpha value is -4.26. The molecule has 1 heterocycles. The molecule has 0 spiro atoms. The molecule has 0 saturated heterocycles. The number of nitrogens with one attached hydrogen (secondary N) is 2. The number of hydrogen-bond donors (Lipinski definition) is 2. The molecule has 32 heavy (non-hydrogen) atoms. The summed E-state index contributed by atoms with van der Waals surface area (Å²) in [6, 6.07) is 23.6. The molecule has 7 heteroatoms. The molecule has 0 aliphatic rings. The molecule has 0 atom stereocenters. The van der Waals surface area contributed by atoms with Crippen LogP contribution in [-0.4, -0.2) is 18.4 Å². The Labute approximate surface area is 184 Å². The molecule has 0 aliphatic carbocycles. The van der Waals surface area contributed by atoms with Crippen molar-refractivity contribution in [3.05, 3.63) is 95.9 Å². The van der Waals surface area contributed by atoms with Crippen LogP contribution in [0.15, 0.2) is 83.3 Å². The van der Waals surface area contributed by atoms with E-state index >= 15 is 0 Å². The molecule has 0 fully saturated rings. The largest absolute Gasteiger partial charge is 0.493 e. The molecule has 0 aliphatic heterocycles. The Morgan fingerprint density at radius 3 is 2.25 bits per heavy atom. The van der Waals surface area contributed by atoms with E-state index in [0.29, 0.717) is 29.4 Å². The second kappa shape index (κ2) is 9.70. The number of fused-ring (bicyclic) bond motifs is 1. The van der Waals surface area contributed by atoms with Crippen molar-refractivity contribution in [2.45, 2.75) is 13.5 Å². The first-order valence-electron chi connectivity index (χ1n) is 10.2. The first kappa shape index (κ1) is 21.0. The molecule has 1 aromatic heterocycles. The number of hydrogen-bond acceptors (Lipinski definition) is 5. The van der Waals surface area contributed by atoms with Gasteiger partial charge in [-0.2, -0.15) is 0 Å². The maximum absolute atomic E-state index is 12.7. The molecule has 3 aromatic carbocycles. The van der Waals surface area contributed by atoms with Gasteiger partial charge in [0.25, 0.3) is 5.91 Å². The van der Waals surface area contributed by atoms with E-state index in [0.717, 1.165) is 10.8 Å². The van der Waals surface area contributed by atoms with E-state index in [-0.39, 0.29) is 12.4 Å². The van der Waals surface area contributed by atoms with Crippen molar-refractivity contribution in [1.82, 2.24) is 10.9 Å². The zero-order valence-electron chi connectivity index (χ0n) is 17.5. The number of carbonyl (C=O) groups excluding carboxylic acids is 2. The van der Waals surface area contributed by atoms with E-state index in [4.69, 9.17) is 13.9 Å². The molecule has 162 valence electrons. The van der Waals surface area contributed by atoms with Crippen molar-refractivity contribution in [3.63, 3.8) is 0 Å². The lowest BCUT2D eigenvalue weighted by molar-refractivity contribution is 0.0826. The molecule has 0 unspecified atom stereocenters. The lowest BCUT2D eigenvalue weighted by Crippen LogP contribution is -2.41. The Bertz CT molecular complexity index is 1230. The summed E-state index contributed by atoms with van der Waals surface area (Å²) in [7, 11) is 0. The third kappa shape index (κ3) is 4.89. The number of benzene rings is 3. The fourth-order valence-electron chi connectivity index (χ4n) is 3.16. The molecule has 4 rings (SSSR count). The van der Waals surface area contributed by atoms with Gasteiger partial charge in [0, 0.05) is 0 Å². The maximum atomic E-state index is 12.7. The van der Waals surface area contributed by atoms with Gasteiger partial charge in [0.15, 0.2) is 5.76 Å². The number of amides is 2. The summed E-state index contributed by atoms with van der Waals surface area (Å²) in [5.41, 5.74) is 5.11. The van der Waals surface area contributed by atoms with Crippen LogP contribution in [-0.2, 0) is 6.61 Å². The van der Waals surface area contributed by atoms with E-state index in [9.17, 15) is 9.59 Å². The summed E-state index contributed by atoms with van der Waals surface area (Å²) in [4.78, 5) is 25.1. The highest BCUT2D eigenvalue weighted by molar-refractivity contribution is 6.03. The summed E-state index contributed by atoms with van der Waals surface area (Å²) in [6.45, 7) is 2.43. The predicted molar refractivity (Wildman–Crippen MR) is 120 cm³/mol. The quantitative estimate of drug-likeness (QED) is 0.422. The SMILES string of the molecule is CCOc1cc2ccccc2cc1C(=O)NNC(=O)c1ccc(COc2ccccc2)o1. The topological polar surface area (TPSA) is 89.8 Å². The zero-order chi connectivity index (χ0) is 22.3.